The Hall–Kier alpha value is -1.85. The van der Waals surface area contributed by atoms with Gasteiger partial charge in [-0.2, -0.15) is 0 Å². The van der Waals surface area contributed by atoms with Gasteiger partial charge in [0.2, 0.25) is 5.89 Å². The van der Waals surface area contributed by atoms with Gasteiger partial charge in [-0.3, -0.25) is 4.90 Å². The SMILES string of the molecule is COc1ccc(-c2nc(CN3CCCC(C(C)O)C3)co2)cc1. The summed E-state index contributed by atoms with van der Waals surface area (Å²) in [6.07, 6.45) is 3.71. The molecule has 0 spiro atoms. The first-order valence-corrected chi connectivity index (χ1v) is 8.15. The Morgan fingerprint density at radius 1 is 1.39 bits per heavy atom. The fraction of sp³-hybridized carbons (Fsp3) is 0.500. The number of hydrogen-bond acceptors (Lipinski definition) is 5. The molecule has 5 nitrogen and oxygen atoms in total. The maximum atomic E-state index is 9.79. The van der Waals surface area contributed by atoms with Crippen LogP contribution in [-0.2, 0) is 6.54 Å². The first-order chi connectivity index (χ1) is 11.2. The molecule has 1 aliphatic heterocycles. The third-order valence-electron chi connectivity index (χ3n) is 4.50. The van der Waals surface area contributed by atoms with Gasteiger partial charge in [0.25, 0.3) is 0 Å². The fourth-order valence-corrected chi connectivity index (χ4v) is 3.10. The van der Waals surface area contributed by atoms with Gasteiger partial charge in [-0.1, -0.05) is 0 Å². The van der Waals surface area contributed by atoms with Crippen LogP contribution in [0.3, 0.4) is 0 Å². The summed E-state index contributed by atoms with van der Waals surface area (Å²) in [4.78, 5) is 6.93. The van der Waals surface area contributed by atoms with Gasteiger partial charge in [-0.05, 0) is 56.5 Å². The molecule has 0 saturated carbocycles. The van der Waals surface area contributed by atoms with Gasteiger partial charge < -0.3 is 14.3 Å². The maximum absolute atomic E-state index is 9.79. The summed E-state index contributed by atoms with van der Waals surface area (Å²) < 4.78 is 10.8. The number of likely N-dealkylation sites (tertiary alicyclic amines) is 1. The van der Waals surface area contributed by atoms with E-state index in [2.05, 4.69) is 9.88 Å². The molecule has 2 aromatic rings. The van der Waals surface area contributed by atoms with Crippen molar-refractivity contribution in [3.8, 4) is 17.2 Å². The molecule has 2 unspecified atom stereocenters. The second kappa shape index (κ2) is 7.15. The highest BCUT2D eigenvalue weighted by Gasteiger charge is 2.24. The zero-order chi connectivity index (χ0) is 16.2. The average molecular weight is 316 g/mol. The van der Waals surface area contributed by atoms with Crippen molar-refractivity contribution in [2.45, 2.75) is 32.4 Å². The minimum Gasteiger partial charge on any atom is -0.497 e. The number of benzene rings is 1. The lowest BCUT2D eigenvalue weighted by atomic mass is 9.93. The van der Waals surface area contributed by atoms with Gasteiger partial charge in [-0.25, -0.2) is 4.98 Å². The third-order valence-corrected chi connectivity index (χ3v) is 4.50. The zero-order valence-corrected chi connectivity index (χ0v) is 13.7. The summed E-state index contributed by atoms with van der Waals surface area (Å²) in [5.74, 6) is 1.81. The van der Waals surface area contributed by atoms with E-state index in [9.17, 15) is 5.11 Å². The number of nitrogens with zero attached hydrogens (tertiary/aromatic N) is 2. The van der Waals surface area contributed by atoms with Gasteiger partial charge in [0.1, 0.15) is 12.0 Å². The second-order valence-corrected chi connectivity index (χ2v) is 6.25. The van der Waals surface area contributed by atoms with Gasteiger partial charge in [0.05, 0.1) is 18.9 Å². The van der Waals surface area contributed by atoms with Crippen LogP contribution in [0.2, 0.25) is 0 Å². The van der Waals surface area contributed by atoms with E-state index >= 15 is 0 Å². The van der Waals surface area contributed by atoms with Crippen LogP contribution in [0.4, 0.5) is 0 Å². The highest BCUT2D eigenvalue weighted by atomic mass is 16.5. The summed E-state index contributed by atoms with van der Waals surface area (Å²) in [6, 6.07) is 7.69. The number of oxazole rings is 1. The standard InChI is InChI=1S/C18H24N2O3/c1-13(21)15-4-3-9-20(10-15)11-16-12-23-18(19-16)14-5-7-17(22-2)8-6-14/h5-8,12-13,15,21H,3-4,9-11H2,1-2H3. The number of methoxy groups -OCH3 is 1. The van der Waals surface area contributed by atoms with Crippen LogP contribution in [0.1, 0.15) is 25.5 Å². The fourth-order valence-electron chi connectivity index (χ4n) is 3.10. The smallest absolute Gasteiger partial charge is 0.226 e. The molecule has 0 amide bonds. The quantitative estimate of drug-likeness (QED) is 0.919. The van der Waals surface area contributed by atoms with E-state index in [1.54, 1.807) is 13.4 Å². The summed E-state index contributed by atoms with van der Waals surface area (Å²) in [7, 11) is 1.65. The molecule has 0 radical (unpaired) electrons. The van der Waals surface area contributed by atoms with Crippen LogP contribution in [0.25, 0.3) is 11.5 Å². The van der Waals surface area contributed by atoms with E-state index in [4.69, 9.17) is 9.15 Å². The minimum atomic E-state index is -0.245. The molecule has 0 bridgehead atoms. The van der Waals surface area contributed by atoms with E-state index in [0.29, 0.717) is 11.8 Å². The Kier molecular flexibility index (Phi) is 4.98. The number of aliphatic hydroxyl groups is 1. The number of aliphatic hydroxyl groups excluding tert-OH is 1. The molecule has 1 N–H and O–H groups in total. The second-order valence-electron chi connectivity index (χ2n) is 6.25. The molecule has 1 aliphatic rings. The highest BCUT2D eigenvalue weighted by Crippen LogP contribution is 2.24. The largest absolute Gasteiger partial charge is 0.497 e. The molecule has 1 aromatic carbocycles. The Bertz CT molecular complexity index is 621. The van der Waals surface area contributed by atoms with Crippen molar-refractivity contribution in [1.29, 1.82) is 0 Å². The monoisotopic (exact) mass is 316 g/mol. The van der Waals surface area contributed by atoms with E-state index < -0.39 is 0 Å². The molecule has 1 fully saturated rings. The van der Waals surface area contributed by atoms with Crippen molar-refractivity contribution in [1.82, 2.24) is 9.88 Å². The van der Waals surface area contributed by atoms with E-state index in [0.717, 1.165) is 49.5 Å². The number of hydrogen-bond donors (Lipinski definition) is 1. The zero-order valence-electron chi connectivity index (χ0n) is 13.7. The minimum absolute atomic E-state index is 0.245. The molecular formula is C18H24N2O3. The van der Waals surface area contributed by atoms with E-state index in [-0.39, 0.29) is 6.10 Å². The van der Waals surface area contributed by atoms with Crippen LogP contribution >= 0.6 is 0 Å². The molecule has 1 saturated heterocycles. The van der Waals surface area contributed by atoms with Crippen molar-refractivity contribution in [3.63, 3.8) is 0 Å². The summed E-state index contributed by atoms with van der Waals surface area (Å²) in [5, 5.41) is 9.79. The molecule has 0 aliphatic carbocycles. The summed E-state index contributed by atoms with van der Waals surface area (Å²) in [6.45, 7) is 4.62. The molecule has 2 atom stereocenters. The Balaban J connectivity index is 1.64. The number of piperidine rings is 1. The Morgan fingerprint density at radius 3 is 2.87 bits per heavy atom. The van der Waals surface area contributed by atoms with Crippen molar-refractivity contribution >= 4 is 0 Å². The first kappa shape index (κ1) is 16.0. The number of aromatic nitrogens is 1. The molecular weight excluding hydrogens is 292 g/mol. The Morgan fingerprint density at radius 2 is 2.17 bits per heavy atom. The lowest BCUT2D eigenvalue weighted by Crippen LogP contribution is -2.39. The van der Waals surface area contributed by atoms with Crippen LogP contribution in [0.5, 0.6) is 5.75 Å². The predicted molar refractivity (Wildman–Crippen MR) is 88.2 cm³/mol. The summed E-state index contributed by atoms with van der Waals surface area (Å²) >= 11 is 0. The van der Waals surface area contributed by atoms with Gasteiger partial charge in [0.15, 0.2) is 0 Å². The molecule has 3 rings (SSSR count). The first-order valence-electron chi connectivity index (χ1n) is 8.15. The molecule has 1 aromatic heterocycles. The molecule has 2 heterocycles. The lowest BCUT2D eigenvalue weighted by molar-refractivity contribution is 0.0594. The normalized spacial score (nSPS) is 20.4. The van der Waals surface area contributed by atoms with Gasteiger partial charge in [-0.15, -0.1) is 0 Å². The van der Waals surface area contributed by atoms with Crippen molar-refractivity contribution in [2.75, 3.05) is 20.2 Å². The number of rotatable bonds is 5. The highest BCUT2D eigenvalue weighted by molar-refractivity contribution is 5.54. The summed E-state index contributed by atoms with van der Waals surface area (Å²) in [5.41, 5.74) is 1.87. The van der Waals surface area contributed by atoms with Crippen LogP contribution in [0, 0.1) is 5.92 Å². The van der Waals surface area contributed by atoms with Crippen molar-refractivity contribution in [2.24, 2.45) is 5.92 Å². The average Bonchev–Trinajstić information content (AvgIpc) is 3.03. The maximum Gasteiger partial charge on any atom is 0.226 e. The van der Waals surface area contributed by atoms with Crippen molar-refractivity contribution < 1.29 is 14.3 Å². The van der Waals surface area contributed by atoms with Crippen LogP contribution in [0.15, 0.2) is 34.9 Å². The molecule has 23 heavy (non-hydrogen) atoms. The van der Waals surface area contributed by atoms with E-state index in [1.165, 1.54) is 0 Å². The predicted octanol–water partition coefficient (Wildman–Crippen LogP) is 2.94. The van der Waals surface area contributed by atoms with Gasteiger partial charge in [0, 0.05) is 18.7 Å². The van der Waals surface area contributed by atoms with Gasteiger partial charge >= 0.3 is 0 Å². The number of ether oxygens (including phenoxy) is 1. The van der Waals surface area contributed by atoms with Crippen LogP contribution in [-0.4, -0.2) is 41.3 Å². The topological polar surface area (TPSA) is 58.7 Å². The van der Waals surface area contributed by atoms with Crippen LogP contribution < -0.4 is 4.74 Å². The van der Waals surface area contributed by atoms with Crippen molar-refractivity contribution in [3.05, 3.63) is 36.2 Å². The third kappa shape index (κ3) is 3.92. The van der Waals surface area contributed by atoms with E-state index in [1.807, 2.05) is 31.2 Å². The Labute approximate surface area is 136 Å². The molecule has 5 heteroatoms. The lowest BCUT2D eigenvalue weighted by Gasteiger charge is -2.33. The molecule has 124 valence electrons.